The van der Waals surface area contributed by atoms with Crippen molar-refractivity contribution in [3.63, 3.8) is 0 Å². The molecule has 18 heavy (non-hydrogen) atoms. The number of nitrogens with zero attached hydrogens (tertiary/aromatic N) is 2. The topological polar surface area (TPSA) is 80.9 Å². The first kappa shape index (κ1) is 12.3. The van der Waals surface area contributed by atoms with E-state index in [0.717, 1.165) is 5.56 Å². The van der Waals surface area contributed by atoms with Gasteiger partial charge in [0, 0.05) is 12.4 Å². The van der Waals surface area contributed by atoms with Gasteiger partial charge in [-0.1, -0.05) is 11.6 Å². The molecule has 0 aliphatic carbocycles. The highest BCUT2D eigenvalue weighted by atomic mass is 35.5. The Kier molecular flexibility index (Phi) is 3.43. The van der Waals surface area contributed by atoms with Crippen molar-refractivity contribution in [1.82, 2.24) is 9.97 Å². The summed E-state index contributed by atoms with van der Waals surface area (Å²) in [4.78, 5) is 19.8. The molecule has 3 N–H and O–H groups in total. The van der Waals surface area contributed by atoms with E-state index < -0.39 is 0 Å². The van der Waals surface area contributed by atoms with Crippen molar-refractivity contribution in [3.05, 3.63) is 46.7 Å². The Bertz CT molecular complexity index is 600. The summed E-state index contributed by atoms with van der Waals surface area (Å²) in [7, 11) is 0. The van der Waals surface area contributed by atoms with Gasteiger partial charge in [0.2, 0.25) is 0 Å². The van der Waals surface area contributed by atoms with Gasteiger partial charge >= 0.3 is 0 Å². The molecule has 0 aliphatic heterocycles. The molecule has 6 heteroatoms. The number of nitrogens with one attached hydrogen (secondary N) is 1. The van der Waals surface area contributed by atoms with E-state index in [9.17, 15) is 4.79 Å². The van der Waals surface area contributed by atoms with E-state index in [1.807, 2.05) is 13.0 Å². The summed E-state index contributed by atoms with van der Waals surface area (Å²) in [6.45, 7) is 1.91. The van der Waals surface area contributed by atoms with Crippen LogP contribution >= 0.6 is 11.6 Å². The Balaban J connectivity index is 2.24. The molecule has 2 heterocycles. The molecule has 0 spiro atoms. The van der Waals surface area contributed by atoms with Crippen LogP contribution in [0.3, 0.4) is 0 Å². The van der Waals surface area contributed by atoms with Gasteiger partial charge in [-0.15, -0.1) is 0 Å². The van der Waals surface area contributed by atoms with E-state index in [4.69, 9.17) is 17.3 Å². The second-order valence-electron chi connectivity index (χ2n) is 3.76. The molecule has 0 saturated heterocycles. The van der Waals surface area contributed by atoms with Crippen LogP contribution in [0.25, 0.3) is 0 Å². The van der Waals surface area contributed by atoms with Gasteiger partial charge in [-0.25, -0.2) is 9.97 Å². The molecular formula is C12H11ClN4O. The van der Waals surface area contributed by atoms with E-state index in [1.165, 1.54) is 12.3 Å². The summed E-state index contributed by atoms with van der Waals surface area (Å²) < 4.78 is 0. The standard InChI is InChI=1S/C12H11ClN4O/c1-7-2-3-15-11(4-7)17-12(18)8-5-10(14)16-6-9(8)13/h2-6H,1H3,(H2,14,16)(H,15,17,18). The van der Waals surface area contributed by atoms with Gasteiger partial charge in [-0.2, -0.15) is 0 Å². The molecule has 0 unspecified atom stereocenters. The van der Waals surface area contributed by atoms with Crippen molar-refractivity contribution in [2.24, 2.45) is 0 Å². The predicted octanol–water partition coefficient (Wildman–Crippen LogP) is 2.27. The van der Waals surface area contributed by atoms with Gasteiger partial charge < -0.3 is 11.1 Å². The summed E-state index contributed by atoms with van der Waals surface area (Å²) in [5.74, 6) is 0.334. The van der Waals surface area contributed by atoms with Crippen LogP contribution < -0.4 is 11.1 Å². The summed E-state index contributed by atoms with van der Waals surface area (Å²) >= 11 is 5.89. The highest BCUT2D eigenvalue weighted by Crippen LogP contribution is 2.18. The molecule has 0 aromatic carbocycles. The van der Waals surface area contributed by atoms with Gasteiger partial charge in [0.05, 0.1) is 10.6 Å². The third-order valence-corrected chi connectivity index (χ3v) is 2.58. The molecular weight excluding hydrogens is 252 g/mol. The fourth-order valence-electron chi connectivity index (χ4n) is 1.42. The van der Waals surface area contributed by atoms with Gasteiger partial charge in [0.25, 0.3) is 5.91 Å². The molecule has 0 fully saturated rings. The minimum absolute atomic E-state index is 0.238. The molecule has 0 aliphatic rings. The zero-order valence-corrected chi connectivity index (χ0v) is 10.4. The Morgan fingerprint density at radius 1 is 1.39 bits per heavy atom. The number of nitrogen functional groups attached to an aromatic ring is 1. The first-order chi connectivity index (χ1) is 8.56. The number of halogens is 1. The molecule has 1 amide bonds. The first-order valence-electron chi connectivity index (χ1n) is 5.21. The number of anilines is 2. The largest absolute Gasteiger partial charge is 0.384 e. The van der Waals surface area contributed by atoms with Crippen molar-refractivity contribution >= 4 is 29.1 Å². The van der Waals surface area contributed by atoms with Crippen LogP contribution in [-0.2, 0) is 0 Å². The van der Waals surface area contributed by atoms with E-state index in [-0.39, 0.29) is 22.3 Å². The highest BCUT2D eigenvalue weighted by molar-refractivity contribution is 6.34. The van der Waals surface area contributed by atoms with Gasteiger partial charge in [0.1, 0.15) is 11.6 Å². The maximum Gasteiger partial charge on any atom is 0.258 e. The summed E-state index contributed by atoms with van der Waals surface area (Å²) in [5.41, 5.74) is 6.79. The lowest BCUT2D eigenvalue weighted by molar-refractivity contribution is 0.102. The minimum atomic E-state index is -0.368. The number of hydrogen-bond donors (Lipinski definition) is 2. The second-order valence-corrected chi connectivity index (χ2v) is 4.17. The maximum absolute atomic E-state index is 12.0. The van der Waals surface area contributed by atoms with Crippen LogP contribution in [0.5, 0.6) is 0 Å². The second kappa shape index (κ2) is 5.01. The number of nitrogens with two attached hydrogens (primary N) is 1. The lowest BCUT2D eigenvalue weighted by atomic mass is 10.2. The normalized spacial score (nSPS) is 10.1. The Morgan fingerprint density at radius 3 is 2.89 bits per heavy atom. The van der Waals surface area contributed by atoms with Crippen molar-refractivity contribution in [3.8, 4) is 0 Å². The highest BCUT2D eigenvalue weighted by Gasteiger charge is 2.12. The van der Waals surface area contributed by atoms with Crippen molar-refractivity contribution in [2.75, 3.05) is 11.1 Å². The third kappa shape index (κ3) is 2.75. The first-order valence-corrected chi connectivity index (χ1v) is 5.59. The summed E-state index contributed by atoms with van der Waals surface area (Å²) in [5, 5.41) is 2.89. The molecule has 0 bridgehead atoms. The lowest BCUT2D eigenvalue weighted by Crippen LogP contribution is -2.14. The lowest BCUT2D eigenvalue weighted by Gasteiger charge is -2.06. The number of carbonyl (C=O) groups excluding carboxylic acids is 1. The smallest absolute Gasteiger partial charge is 0.258 e. The fraction of sp³-hybridized carbons (Fsp3) is 0.0833. The van der Waals surface area contributed by atoms with E-state index >= 15 is 0 Å². The van der Waals surface area contributed by atoms with E-state index in [1.54, 1.807) is 12.3 Å². The van der Waals surface area contributed by atoms with Gasteiger partial charge in [0.15, 0.2) is 0 Å². The predicted molar refractivity (Wildman–Crippen MR) is 70.6 cm³/mol. The van der Waals surface area contributed by atoms with Crippen LogP contribution in [-0.4, -0.2) is 15.9 Å². The van der Waals surface area contributed by atoms with Crippen LogP contribution in [0.15, 0.2) is 30.6 Å². The van der Waals surface area contributed by atoms with Crippen LogP contribution in [0.4, 0.5) is 11.6 Å². The van der Waals surface area contributed by atoms with Crippen molar-refractivity contribution in [2.45, 2.75) is 6.92 Å². The molecule has 0 radical (unpaired) electrons. The molecule has 92 valence electrons. The SMILES string of the molecule is Cc1ccnc(NC(=O)c2cc(N)ncc2Cl)c1. The van der Waals surface area contributed by atoms with Crippen LogP contribution in [0.1, 0.15) is 15.9 Å². The van der Waals surface area contributed by atoms with Crippen LogP contribution in [0.2, 0.25) is 5.02 Å². The number of hydrogen-bond acceptors (Lipinski definition) is 4. The van der Waals surface area contributed by atoms with E-state index in [0.29, 0.717) is 5.82 Å². The molecule has 0 saturated carbocycles. The Morgan fingerprint density at radius 2 is 2.17 bits per heavy atom. The number of aryl methyl sites for hydroxylation is 1. The summed E-state index contributed by atoms with van der Waals surface area (Å²) in [6.07, 6.45) is 2.96. The van der Waals surface area contributed by atoms with E-state index in [2.05, 4.69) is 15.3 Å². The average Bonchev–Trinajstić information content (AvgIpc) is 2.32. The molecule has 0 atom stereocenters. The van der Waals surface area contributed by atoms with Gasteiger partial charge in [-0.05, 0) is 30.7 Å². The monoisotopic (exact) mass is 262 g/mol. The van der Waals surface area contributed by atoms with Gasteiger partial charge in [-0.3, -0.25) is 4.79 Å². The fourth-order valence-corrected chi connectivity index (χ4v) is 1.61. The zero-order chi connectivity index (χ0) is 13.1. The Hall–Kier alpha value is -2.14. The molecule has 5 nitrogen and oxygen atoms in total. The summed E-state index contributed by atoms with van der Waals surface area (Å²) in [6, 6.07) is 5.02. The Labute approximate surface area is 109 Å². The zero-order valence-electron chi connectivity index (χ0n) is 9.64. The van der Waals surface area contributed by atoms with Crippen molar-refractivity contribution < 1.29 is 4.79 Å². The number of amides is 1. The molecule has 2 rings (SSSR count). The number of aromatic nitrogens is 2. The number of carbonyl (C=O) groups is 1. The molecule has 2 aromatic heterocycles. The average molecular weight is 263 g/mol. The quantitative estimate of drug-likeness (QED) is 0.870. The molecule has 2 aromatic rings. The number of rotatable bonds is 2. The van der Waals surface area contributed by atoms with Crippen LogP contribution in [0, 0.1) is 6.92 Å². The maximum atomic E-state index is 12.0. The third-order valence-electron chi connectivity index (χ3n) is 2.28. The van der Waals surface area contributed by atoms with Crippen molar-refractivity contribution in [1.29, 1.82) is 0 Å². The number of pyridine rings is 2. The minimum Gasteiger partial charge on any atom is -0.384 e.